The van der Waals surface area contributed by atoms with Crippen LogP contribution in [0.25, 0.3) is 0 Å². The van der Waals surface area contributed by atoms with Crippen molar-refractivity contribution in [2.24, 2.45) is 5.41 Å². The van der Waals surface area contributed by atoms with Gasteiger partial charge in [-0.25, -0.2) is 4.79 Å². The van der Waals surface area contributed by atoms with E-state index in [0.717, 1.165) is 30.5 Å². The Bertz CT molecular complexity index is 501. The molecule has 0 heterocycles. The predicted molar refractivity (Wildman–Crippen MR) is 80.9 cm³/mol. The Hall–Kier alpha value is -1.55. The number of nitrogens with one attached hydrogen (secondary N) is 2. The lowest BCUT2D eigenvalue weighted by atomic mass is 9.86. The van der Waals surface area contributed by atoms with Gasteiger partial charge in [0.2, 0.25) is 0 Å². The van der Waals surface area contributed by atoms with E-state index in [1.54, 1.807) is 0 Å². The number of aliphatic hydroxyl groups is 1. The lowest BCUT2D eigenvalue weighted by Crippen LogP contribution is -2.46. The Morgan fingerprint density at radius 1 is 1.40 bits per heavy atom. The third kappa shape index (κ3) is 3.12. The van der Waals surface area contributed by atoms with E-state index >= 15 is 0 Å². The summed E-state index contributed by atoms with van der Waals surface area (Å²) in [5, 5.41) is 15.4. The average Bonchev–Trinajstić information content (AvgIpc) is 2.76. The lowest BCUT2D eigenvalue weighted by molar-refractivity contribution is 0.122. The van der Waals surface area contributed by atoms with Gasteiger partial charge in [-0.15, -0.1) is 0 Å². The van der Waals surface area contributed by atoms with E-state index < -0.39 is 0 Å². The molecular formula is C16H24N2O2. The van der Waals surface area contributed by atoms with Crippen molar-refractivity contribution in [2.75, 3.05) is 11.9 Å². The van der Waals surface area contributed by atoms with Crippen LogP contribution < -0.4 is 10.6 Å². The highest BCUT2D eigenvalue weighted by Crippen LogP contribution is 2.37. The summed E-state index contributed by atoms with van der Waals surface area (Å²) < 4.78 is 0. The Labute approximate surface area is 120 Å². The Kier molecular flexibility index (Phi) is 4.33. The minimum Gasteiger partial charge on any atom is -0.396 e. The molecule has 0 spiro atoms. The molecule has 0 aromatic heterocycles. The van der Waals surface area contributed by atoms with Crippen molar-refractivity contribution in [1.82, 2.24) is 5.32 Å². The highest BCUT2D eigenvalue weighted by molar-refractivity contribution is 5.89. The van der Waals surface area contributed by atoms with Crippen molar-refractivity contribution in [2.45, 2.75) is 46.1 Å². The Balaban J connectivity index is 1.97. The molecular weight excluding hydrogens is 252 g/mol. The maximum Gasteiger partial charge on any atom is 0.319 e. The van der Waals surface area contributed by atoms with Crippen LogP contribution in [-0.2, 0) is 0 Å². The highest BCUT2D eigenvalue weighted by Gasteiger charge is 2.39. The lowest BCUT2D eigenvalue weighted by Gasteiger charge is -2.30. The highest BCUT2D eigenvalue weighted by atomic mass is 16.3. The Morgan fingerprint density at radius 2 is 2.15 bits per heavy atom. The van der Waals surface area contributed by atoms with Gasteiger partial charge in [0.25, 0.3) is 0 Å². The largest absolute Gasteiger partial charge is 0.396 e. The number of aliphatic hydroxyl groups excluding tert-OH is 1. The smallest absolute Gasteiger partial charge is 0.319 e. The van der Waals surface area contributed by atoms with E-state index in [1.165, 1.54) is 5.56 Å². The van der Waals surface area contributed by atoms with Crippen LogP contribution in [0.4, 0.5) is 10.5 Å². The van der Waals surface area contributed by atoms with Gasteiger partial charge < -0.3 is 15.7 Å². The van der Waals surface area contributed by atoms with Gasteiger partial charge in [0, 0.05) is 17.1 Å². The zero-order valence-electron chi connectivity index (χ0n) is 12.5. The number of amides is 2. The van der Waals surface area contributed by atoms with Crippen LogP contribution in [0.2, 0.25) is 0 Å². The SMILES string of the molecule is Cc1ccc(NC(=O)NC2CCCC2(C)CO)cc1C. The van der Waals surface area contributed by atoms with E-state index in [9.17, 15) is 9.90 Å². The van der Waals surface area contributed by atoms with Crippen LogP contribution in [-0.4, -0.2) is 23.8 Å². The molecule has 110 valence electrons. The molecule has 2 atom stereocenters. The number of benzene rings is 1. The van der Waals surface area contributed by atoms with Crippen LogP contribution in [0.5, 0.6) is 0 Å². The summed E-state index contributed by atoms with van der Waals surface area (Å²) >= 11 is 0. The fraction of sp³-hybridized carbons (Fsp3) is 0.562. The van der Waals surface area contributed by atoms with Crippen LogP contribution in [0.1, 0.15) is 37.3 Å². The topological polar surface area (TPSA) is 61.4 Å². The summed E-state index contributed by atoms with van der Waals surface area (Å²) in [4.78, 5) is 12.1. The summed E-state index contributed by atoms with van der Waals surface area (Å²) in [7, 11) is 0. The zero-order chi connectivity index (χ0) is 14.8. The first kappa shape index (κ1) is 14.9. The van der Waals surface area contributed by atoms with Crippen molar-refractivity contribution >= 4 is 11.7 Å². The molecule has 3 N–H and O–H groups in total. The van der Waals surface area contributed by atoms with Crippen molar-refractivity contribution in [1.29, 1.82) is 0 Å². The Morgan fingerprint density at radius 3 is 2.80 bits per heavy atom. The fourth-order valence-corrected chi connectivity index (χ4v) is 2.81. The van der Waals surface area contributed by atoms with E-state index in [0.29, 0.717) is 0 Å². The molecule has 2 unspecified atom stereocenters. The first-order valence-electron chi connectivity index (χ1n) is 7.20. The van der Waals surface area contributed by atoms with Crippen molar-refractivity contribution < 1.29 is 9.90 Å². The molecule has 1 fully saturated rings. The molecule has 0 saturated heterocycles. The van der Waals surface area contributed by atoms with Gasteiger partial charge in [0.05, 0.1) is 6.61 Å². The monoisotopic (exact) mass is 276 g/mol. The quantitative estimate of drug-likeness (QED) is 0.795. The molecule has 2 rings (SSSR count). The second-order valence-corrected chi connectivity index (χ2v) is 6.15. The number of carbonyl (C=O) groups is 1. The minimum atomic E-state index is -0.195. The van der Waals surface area contributed by atoms with Gasteiger partial charge in [0.15, 0.2) is 0 Å². The molecule has 0 radical (unpaired) electrons. The third-order valence-electron chi connectivity index (χ3n) is 4.51. The first-order chi connectivity index (χ1) is 9.44. The molecule has 4 heteroatoms. The van der Waals surface area contributed by atoms with E-state index in [4.69, 9.17) is 0 Å². The first-order valence-corrected chi connectivity index (χ1v) is 7.20. The summed E-state index contributed by atoms with van der Waals surface area (Å²) in [6.07, 6.45) is 2.93. The number of anilines is 1. The maximum absolute atomic E-state index is 12.1. The second kappa shape index (κ2) is 5.83. The van der Waals surface area contributed by atoms with Crippen LogP contribution in [0.15, 0.2) is 18.2 Å². The van der Waals surface area contributed by atoms with Crippen molar-refractivity contribution in [3.8, 4) is 0 Å². The third-order valence-corrected chi connectivity index (χ3v) is 4.51. The van der Waals surface area contributed by atoms with Crippen molar-refractivity contribution in [3.63, 3.8) is 0 Å². The van der Waals surface area contributed by atoms with Gasteiger partial charge >= 0.3 is 6.03 Å². The normalized spacial score (nSPS) is 25.5. The number of carbonyl (C=O) groups excluding carboxylic acids is 1. The molecule has 1 saturated carbocycles. The molecule has 20 heavy (non-hydrogen) atoms. The molecule has 0 bridgehead atoms. The maximum atomic E-state index is 12.1. The predicted octanol–water partition coefficient (Wildman–Crippen LogP) is 2.98. The van der Waals surface area contributed by atoms with Gasteiger partial charge in [-0.3, -0.25) is 0 Å². The van der Waals surface area contributed by atoms with Crippen LogP contribution in [0, 0.1) is 19.3 Å². The fourth-order valence-electron chi connectivity index (χ4n) is 2.81. The van der Waals surface area contributed by atoms with Crippen LogP contribution in [0.3, 0.4) is 0 Å². The molecule has 2 amide bonds. The van der Waals surface area contributed by atoms with Crippen LogP contribution >= 0.6 is 0 Å². The summed E-state index contributed by atoms with van der Waals surface area (Å²) in [6.45, 7) is 6.21. The molecule has 1 aliphatic carbocycles. The molecule has 1 aromatic carbocycles. The number of aryl methyl sites for hydroxylation is 2. The van der Waals surface area contributed by atoms with Gasteiger partial charge in [0.1, 0.15) is 0 Å². The summed E-state index contributed by atoms with van der Waals surface area (Å²) in [6, 6.07) is 5.72. The van der Waals surface area contributed by atoms with E-state index in [-0.39, 0.29) is 24.1 Å². The molecule has 0 aliphatic heterocycles. The number of hydrogen-bond acceptors (Lipinski definition) is 2. The van der Waals surface area contributed by atoms with Gasteiger partial charge in [-0.1, -0.05) is 19.4 Å². The summed E-state index contributed by atoms with van der Waals surface area (Å²) in [5.41, 5.74) is 2.97. The van der Waals surface area contributed by atoms with Gasteiger partial charge in [-0.2, -0.15) is 0 Å². The molecule has 4 nitrogen and oxygen atoms in total. The minimum absolute atomic E-state index is 0.0408. The number of urea groups is 1. The number of rotatable bonds is 3. The van der Waals surface area contributed by atoms with Gasteiger partial charge in [-0.05, 0) is 49.9 Å². The molecule has 1 aliphatic rings. The van der Waals surface area contributed by atoms with E-state index in [2.05, 4.69) is 10.6 Å². The second-order valence-electron chi connectivity index (χ2n) is 6.15. The summed E-state index contributed by atoms with van der Waals surface area (Å²) in [5.74, 6) is 0. The molecule has 1 aromatic rings. The zero-order valence-corrected chi connectivity index (χ0v) is 12.5. The standard InChI is InChI=1S/C16H24N2O2/c1-11-6-7-13(9-12(11)2)17-15(20)18-14-5-4-8-16(14,3)10-19/h6-7,9,14,19H,4-5,8,10H2,1-3H3,(H2,17,18,20). The average molecular weight is 276 g/mol. The van der Waals surface area contributed by atoms with E-state index in [1.807, 2.05) is 39.0 Å². The number of hydrogen-bond donors (Lipinski definition) is 3. The van der Waals surface area contributed by atoms with Crippen molar-refractivity contribution in [3.05, 3.63) is 29.3 Å².